The van der Waals surface area contributed by atoms with Gasteiger partial charge in [-0.05, 0) is 56.8 Å². The number of urea groups is 1. The zero-order valence-electron chi connectivity index (χ0n) is 12.1. The summed E-state index contributed by atoms with van der Waals surface area (Å²) in [6.45, 7) is 4.67. The first-order chi connectivity index (χ1) is 9.24. The zero-order chi connectivity index (χ0) is 13.5. The first-order valence-electron chi connectivity index (χ1n) is 7.86. The first kappa shape index (κ1) is 14.6. The van der Waals surface area contributed by atoms with E-state index in [-0.39, 0.29) is 6.03 Å². The Labute approximate surface area is 116 Å². The molecule has 2 rings (SSSR count). The normalized spacial score (nSPS) is 27.0. The largest absolute Gasteiger partial charge is 0.381 e. The molecule has 0 bridgehead atoms. The fraction of sp³-hybridized carbons (Fsp3) is 0.933. The molecule has 2 saturated carbocycles. The highest BCUT2D eigenvalue weighted by atomic mass is 16.5. The lowest BCUT2D eigenvalue weighted by Crippen LogP contribution is -2.43. The van der Waals surface area contributed by atoms with Crippen LogP contribution in [0.2, 0.25) is 0 Å². The third-order valence-electron chi connectivity index (χ3n) is 4.15. The summed E-state index contributed by atoms with van der Waals surface area (Å²) in [5, 5.41) is 5.98. The first-order valence-corrected chi connectivity index (χ1v) is 7.86. The minimum atomic E-state index is -0.0123. The van der Waals surface area contributed by atoms with Crippen molar-refractivity contribution in [2.75, 3.05) is 19.8 Å². The van der Waals surface area contributed by atoms with E-state index < -0.39 is 0 Å². The summed E-state index contributed by atoms with van der Waals surface area (Å²) in [6, 6.07) is 0.365. The number of hydrogen-bond donors (Lipinski definition) is 2. The van der Waals surface area contributed by atoms with Crippen LogP contribution in [0.15, 0.2) is 0 Å². The fourth-order valence-corrected chi connectivity index (χ4v) is 2.55. The summed E-state index contributed by atoms with van der Waals surface area (Å²) in [7, 11) is 0. The van der Waals surface area contributed by atoms with Crippen LogP contribution in [-0.2, 0) is 4.74 Å². The van der Waals surface area contributed by atoms with E-state index in [4.69, 9.17) is 4.74 Å². The second-order valence-electron chi connectivity index (χ2n) is 6.23. The van der Waals surface area contributed by atoms with Crippen LogP contribution in [0.3, 0.4) is 0 Å². The van der Waals surface area contributed by atoms with Gasteiger partial charge in [-0.1, -0.05) is 6.92 Å². The van der Waals surface area contributed by atoms with Gasteiger partial charge in [0.1, 0.15) is 0 Å². The summed E-state index contributed by atoms with van der Waals surface area (Å²) < 4.78 is 5.53. The molecule has 4 nitrogen and oxygen atoms in total. The van der Waals surface area contributed by atoms with Crippen LogP contribution in [0.25, 0.3) is 0 Å². The highest BCUT2D eigenvalue weighted by Crippen LogP contribution is 2.28. The maximum Gasteiger partial charge on any atom is 0.315 e. The molecule has 0 heterocycles. The number of carbonyl (C=O) groups excluding carboxylic acids is 1. The van der Waals surface area contributed by atoms with Gasteiger partial charge in [-0.15, -0.1) is 0 Å². The molecule has 2 aliphatic rings. The SMILES string of the molecule is CC1CCC(NC(=O)NCCCOCC2CC2)CC1. The van der Waals surface area contributed by atoms with Gasteiger partial charge < -0.3 is 15.4 Å². The average Bonchev–Trinajstić information content (AvgIpc) is 3.20. The maximum absolute atomic E-state index is 11.7. The van der Waals surface area contributed by atoms with E-state index in [1.165, 1.54) is 25.7 Å². The molecule has 0 aromatic carbocycles. The molecular weight excluding hydrogens is 240 g/mol. The number of carbonyl (C=O) groups is 1. The molecule has 2 N–H and O–H groups in total. The second kappa shape index (κ2) is 7.73. The van der Waals surface area contributed by atoms with E-state index in [1.807, 2.05) is 0 Å². The van der Waals surface area contributed by atoms with Crippen LogP contribution in [0.5, 0.6) is 0 Å². The van der Waals surface area contributed by atoms with Crippen molar-refractivity contribution in [3.63, 3.8) is 0 Å². The Morgan fingerprint density at radius 2 is 1.89 bits per heavy atom. The zero-order valence-corrected chi connectivity index (χ0v) is 12.1. The van der Waals surface area contributed by atoms with Crippen LogP contribution in [-0.4, -0.2) is 31.8 Å². The summed E-state index contributed by atoms with van der Waals surface area (Å²) in [6.07, 6.45) is 8.29. The van der Waals surface area contributed by atoms with Gasteiger partial charge >= 0.3 is 6.03 Å². The van der Waals surface area contributed by atoms with Gasteiger partial charge in [-0.2, -0.15) is 0 Å². The summed E-state index contributed by atoms with van der Waals surface area (Å²) in [5.41, 5.74) is 0. The van der Waals surface area contributed by atoms with Crippen LogP contribution < -0.4 is 10.6 Å². The van der Waals surface area contributed by atoms with Crippen molar-refractivity contribution < 1.29 is 9.53 Å². The molecule has 0 aromatic heterocycles. The average molecular weight is 268 g/mol. The molecule has 0 unspecified atom stereocenters. The molecule has 2 amide bonds. The molecule has 0 saturated heterocycles. The van der Waals surface area contributed by atoms with Crippen LogP contribution >= 0.6 is 0 Å². The van der Waals surface area contributed by atoms with Gasteiger partial charge in [0.25, 0.3) is 0 Å². The molecule has 0 radical (unpaired) electrons. The number of ether oxygens (including phenoxy) is 1. The highest BCUT2D eigenvalue weighted by molar-refractivity contribution is 5.74. The topological polar surface area (TPSA) is 50.4 Å². The lowest BCUT2D eigenvalue weighted by atomic mass is 9.87. The number of nitrogens with one attached hydrogen (secondary N) is 2. The molecule has 0 aromatic rings. The van der Waals surface area contributed by atoms with Gasteiger partial charge in [0.15, 0.2) is 0 Å². The van der Waals surface area contributed by atoms with E-state index >= 15 is 0 Å². The Kier molecular flexibility index (Phi) is 5.95. The molecule has 4 heteroatoms. The Balaban J connectivity index is 1.42. The van der Waals surface area contributed by atoms with Crippen molar-refractivity contribution in [1.82, 2.24) is 10.6 Å². The Morgan fingerprint density at radius 1 is 1.16 bits per heavy atom. The fourth-order valence-electron chi connectivity index (χ4n) is 2.55. The molecule has 2 fully saturated rings. The minimum absolute atomic E-state index is 0.0123. The summed E-state index contributed by atoms with van der Waals surface area (Å²) >= 11 is 0. The summed E-state index contributed by atoms with van der Waals surface area (Å²) in [5.74, 6) is 1.65. The lowest BCUT2D eigenvalue weighted by molar-refractivity contribution is 0.122. The molecule has 0 aliphatic heterocycles. The van der Waals surface area contributed by atoms with Crippen LogP contribution in [0.1, 0.15) is 51.9 Å². The smallest absolute Gasteiger partial charge is 0.315 e. The maximum atomic E-state index is 11.7. The predicted molar refractivity (Wildman–Crippen MR) is 76.1 cm³/mol. The van der Waals surface area contributed by atoms with E-state index in [0.717, 1.165) is 44.3 Å². The van der Waals surface area contributed by atoms with E-state index in [2.05, 4.69) is 17.6 Å². The number of rotatable bonds is 7. The van der Waals surface area contributed by atoms with Gasteiger partial charge in [0.2, 0.25) is 0 Å². The lowest BCUT2D eigenvalue weighted by Gasteiger charge is -2.26. The third kappa shape index (κ3) is 6.28. The standard InChI is InChI=1S/C15H28N2O2/c1-12-3-7-14(8-4-12)17-15(18)16-9-2-10-19-11-13-5-6-13/h12-14H,2-11H2,1H3,(H2,16,17,18). The van der Waals surface area contributed by atoms with Crippen molar-refractivity contribution in [2.45, 2.75) is 57.9 Å². The van der Waals surface area contributed by atoms with Crippen LogP contribution in [0, 0.1) is 11.8 Å². The quantitative estimate of drug-likeness (QED) is 0.697. The van der Waals surface area contributed by atoms with Crippen molar-refractivity contribution in [2.24, 2.45) is 11.8 Å². The molecule has 0 spiro atoms. The number of amides is 2. The predicted octanol–water partition coefficient (Wildman–Crippen LogP) is 2.68. The molecular formula is C15H28N2O2. The van der Waals surface area contributed by atoms with Crippen molar-refractivity contribution >= 4 is 6.03 Å². The molecule has 19 heavy (non-hydrogen) atoms. The molecule has 2 aliphatic carbocycles. The Bertz CT molecular complexity index is 271. The van der Waals surface area contributed by atoms with E-state index in [1.54, 1.807) is 0 Å². The minimum Gasteiger partial charge on any atom is -0.381 e. The van der Waals surface area contributed by atoms with Gasteiger partial charge in [-0.25, -0.2) is 4.79 Å². The number of hydrogen-bond acceptors (Lipinski definition) is 2. The molecule has 110 valence electrons. The van der Waals surface area contributed by atoms with Gasteiger partial charge in [0.05, 0.1) is 0 Å². The third-order valence-corrected chi connectivity index (χ3v) is 4.15. The second-order valence-corrected chi connectivity index (χ2v) is 6.23. The van der Waals surface area contributed by atoms with Crippen molar-refractivity contribution in [1.29, 1.82) is 0 Å². The van der Waals surface area contributed by atoms with Gasteiger partial charge in [0, 0.05) is 25.8 Å². The van der Waals surface area contributed by atoms with E-state index in [9.17, 15) is 4.79 Å². The Morgan fingerprint density at radius 3 is 2.58 bits per heavy atom. The van der Waals surface area contributed by atoms with Gasteiger partial charge in [-0.3, -0.25) is 0 Å². The monoisotopic (exact) mass is 268 g/mol. The Hall–Kier alpha value is -0.770. The van der Waals surface area contributed by atoms with Crippen LogP contribution in [0.4, 0.5) is 4.79 Å². The highest BCUT2D eigenvalue weighted by Gasteiger charge is 2.21. The van der Waals surface area contributed by atoms with Crippen molar-refractivity contribution in [3.8, 4) is 0 Å². The molecule has 0 atom stereocenters. The van der Waals surface area contributed by atoms with E-state index in [0.29, 0.717) is 12.6 Å². The van der Waals surface area contributed by atoms with Crippen molar-refractivity contribution in [3.05, 3.63) is 0 Å². The summed E-state index contributed by atoms with van der Waals surface area (Å²) in [4.78, 5) is 11.7.